The molecule has 1 N–H and O–H groups in total. The van der Waals surface area contributed by atoms with Gasteiger partial charge in [0.25, 0.3) is 0 Å². The lowest BCUT2D eigenvalue weighted by Crippen LogP contribution is -2.36. The fourth-order valence-electron chi connectivity index (χ4n) is 0.607. The molecule has 5 heteroatoms. The van der Waals surface area contributed by atoms with Gasteiger partial charge in [-0.2, -0.15) is 5.26 Å². The van der Waals surface area contributed by atoms with Crippen molar-refractivity contribution in [2.24, 2.45) is 0 Å². The van der Waals surface area contributed by atoms with Gasteiger partial charge in [-0.15, -0.1) is 0 Å². The van der Waals surface area contributed by atoms with Crippen molar-refractivity contribution in [3.63, 3.8) is 0 Å². The van der Waals surface area contributed by atoms with Crippen LogP contribution < -0.4 is 5.32 Å². The molecule has 0 radical (unpaired) electrons. The van der Waals surface area contributed by atoms with Crippen molar-refractivity contribution in [1.82, 2.24) is 5.32 Å². The molecule has 13 heavy (non-hydrogen) atoms. The second-order valence-electron chi connectivity index (χ2n) is 2.29. The minimum absolute atomic E-state index is 0.0517. The molecule has 0 fully saturated rings. The molecule has 0 heterocycles. The SMILES string of the molecule is CCOOCC(C#N)NC(=O)CC. The number of hydrogen-bond acceptors (Lipinski definition) is 4. The first-order chi connectivity index (χ1) is 6.24. The summed E-state index contributed by atoms with van der Waals surface area (Å²) in [5.41, 5.74) is 0. The Morgan fingerprint density at radius 1 is 1.54 bits per heavy atom. The Labute approximate surface area is 77.6 Å². The number of nitriles is 1. The summed E-state index contributed by atoms with van der Waals surface area (Å²) in [6.07, 6.45) is 0.354. The molecule has 0 saturated carbocycles. The molecule has 1 atom stereocenters. The number of nitrogens with one attached hydrogen (secondary N) is 1. The molecule has 1 amide bonds. The highest BCUT2D eigenvalue weighted by Crippen LogP contribution is 1.87. The van der Waals surface area contributed by atoms with Gasteiger partial charge in [0.2, 0.25) is 5.91 Å². The number of rotatable bonds is 6. The Bertz CT molecular complexity index is 188. The highest BCUT2D eigenvalue weighted by atomic mass is 17.2. The molecule has 0 aliphatic heterocycles. The maximum atomic E-state index is 10.9. The minimum Gasteiger partial charge on any atom is -0.338 e. The van der Waals surface area contributed by atoms with Crippen LogP contribution in [-0.2, 0) is 14.6 Å². The van der Waals surface area contributed by atoms with Crippen LogP contribution in [0.1, 0.15) is 20.3 Å². The van der Waals surface area contributed by atoms with Gasteiger partial charge in [-0.1, -0.05) is 6.92 Å². The van der Waals surface area contributed by atoms with Crippen molar-refractivity contribution in [3.05, 3.63) is 0 Å². The minimum atomic E-state index is -0.640. The van der Waals surface area contributed by atoms with E-state index in [0.29, 0.717) is 13.0 Å². The summed E-state index contributed by atoms with van der Waals surface area (Å²) >= 11 is 0. The molecule has 0 aromatic heterocycles. The van der Waals surface area contributed by atoms with Gasteiger partial charge in [0.1, 0.15) is 12.6 Å². The molecule has 0 aromatic carbocycles. The lowest BCUT2D eigenvalue weighted by molar-refractivity contribution is -0.292. The maximum absolute atomic E-state index is 10.9. The van der Waals surface area contributed by atoms with Crippen LogP contribution in [0.5, 0.6) is 0 Å². The first-order valence-corrected chi connectivity index (χ1v) is 4.18. The highest BCUT2D eigenvalue weighted by molar-refractivity contribution is 5.76. The van der Waals surface area contributed by atoms with Gasteiger partial charge in [-0.25, -0.2) is 9.78 Å². The summed E-state index contributed by atoms with van der Waals surface area (Å²) in [4.78, 5) is 20.1. The number of hydrogen-bond donors (Lipinski definition) is 1. The lowest BCUT2D eigenvalue weighted by atomic mass is 10.3. The van der Waals surface area contributed by atoms with Gasteiger partial charge in [0.05, 0.1) is 12.7 Å². The largest absolute Gasteiger partial charge is 0.338 e. The molecule has 5 nitrogen and oxygen atoms in total. The molecule has 0 rings (SSSR count). The molecular weight excluding hydrogens is 172 g/mol. The third kappa shape index (κ3) is 6.08. The van der Waals surface area contributed by atoms with Crippen LogP contribution in [0.4, 0.5) is 0 Å². The fourth-order valence-corrected chi connectivity index (χ4v) is 0.607. The van der Waals surface area contributed by atoms with E-state index in [2.05, 4.69) is 15.1 Å². The van der Waals surface area contributed by atoms with E-state index in [1.54, 1.807) is 13.8 Å². The van der Waals surface area contributed by atoms with Crippen LogP contribution in [0.25, 0.3) is 0 Å². The molecule has 0 bridgehead atoms. The van der Waals surface area contributed by atoms with Crippen LogP contribution in [0.3, 0.4) is 0 Å². The van der Waals surface area contributed by atoms with E-state index >= 15 is 0 Å². The molecular formula is C8H14N2O3. The second kappa shape index (κ2) is 7.53. The first-order valence-electron chi connectivity index (χ1n) is 4.18. The molecule has 0 aromatic rings. The Morgan fingerprint density at radius 3 is 2.69 bits per heavy atom. The van der Waals surface area contributed by atoms with E-state index in [1.807, 2.05) is 6.07 Å². The monoisotopic (exact) mass is 186 g/mol. The quantitative estimate of drug-likeness (QED) is 0.369. The van der Waals surface area contributed by atoms with Crippen molar-refractivity contribution < 1.29 is 14.6 Å². The Kier molecular flexibility index (Phi) is 6.88. The van der Waals surface area contributed by atoms with Crippen LogP contribution in [0.15, 0.2) is 0 Å². The van der Waals surface area contributed by atoms with E-state index in [1.165, 1.54) is 0 Å². The van der Waals surface area contributed by atoms with Crippen molar-refractivity contribution in [2.45, 2.75) is 26.3 Å². The molecule has 0 saturated heterocycles. The van der Waals surface area contributed by atoms with E-state index in [0.717, 1.165) is 0 Å². The van der Waals surface area contributed by atoms with E-state index in [4.69, 9.17) is 5.26 Å². The average molecular weight is 186 g/mol. The van der Waals surface area contributed by atoms with Gasteiger partial charge < -0.3 is 5.32 Å². The fraction of sp³-hybridized carbons (Fsp3) is 0.750. The van der Waals surface area contributed by atoms with E-state index in [9.17, 15) is 4.79 Å². The summed E-state index contributed by atoms with van der Waals surface area (Å²) < 4.78 is 0. The van der Waals surface area contributed by atoms with Crippen LogP contribution in [-0.4, -0.2) is 25.2 Å². The third-order valence-corrected chi connectivity index (χ3v) is 1.25. The lowest BCUT2D eigenvalue weighted by Gasteiger charge is -2.09. The normalized spacial score (nSPS) is 11.8. The smallest absolute Gasteiger partial charge is 0.220 e. The standard InChI is InChI=1S/C8H14N2O3/c1-3-8(11)10-7(5-9)6-13-12-4-2/h7H,3-4,6H2,1-2H3,(H,10,11). The van der Waals surface area contributed by atoms with Crippen LogP contribution in [0, 0.1) is 11.3 Å². The topological polar surface area (TPSA) is 71.3 Å². The Morgan fingerprint density at radius 2 is 2.23 bits per heavy atom. The molecule has 0 aliphatic carbocycles. The second-order valence-corrected chi connectivity index (χ2v) is 2.29. The summed E-state index contributed by atoms with van der Waals surface area (Å²) in [5.74, 6) is -0.174. The van der Waals surface area contributed by atoms with Crippen molar-refractivity contribution >= 4 is 5.91 Å². The number of amides is 1. The predicted molar refractivity (Wildman–Crippen MR) is 45.4 cm³/mol. The van der Waals surface area contributed by atoms with Crippen molar-refractivity contribution in [1.29, 1.82) is 5.26 Å². The summed E-state index contributed by atoms with van der Waals surface area (Å²) in [5, 5.41) is 11.0. The van der Waals surface area contributed by atoms with E-state index < -0.39 is 6.04 Å². The zero-order valence-corrected chi connectivity index (χ0v) is 7.87. The van der Waals surface area contributed by atoms with Gasteiger partial charge in [-0.05, 0) is 6.92 Å². The zero-order valence-electron chi connectivity index (χ0n) is 7.87. The number of nitrogens with zero attached hydrogens (tertiary/aromatic N) is 1. The zero-order chi connectivity index (χ0) is 10.1. The molecule has 1 unspecified atom stereocenters. The highest BCUT2D eigenvalue weighted by Gasteiger charge is 2.09. The van der Waals surface area contributed by atoms with Crippen molar-refractivity contribution in [3.8, 4) is 6.07 Å². The predicted octanol–water partition coefficient (Wildman–Crippen LogP) is 0.373. The molecule has 0 aliphatic rings. The van der Waals surface area contributed by atoms with Crippen molar-refractivity contribution in [2.75, 3.05) is 13.2 Å². The average Bonchev–Trinajstić information content (AvgIpc) is 2.16. The number of carbonyl (C=O) groups excluding carboxylic acids is 1. The van der Waals surface area contributed by atoms with E-state index in [-0.39, 0.29) is 12.5 Å². The van der Waals surface area contributed by atoms with Gasteiger partial charge in [0.15, 0.2) is 0 Å². The van der Waals surface area contributed by atoms with Crippen LogP contribution >= 0.6 is 0 Å². The summed E-state index contributed by atoms with van der Waals surface area (Å²) in [6, 6.07) is 1.25. The Balaban J connectivity index is 3.65. The van der Waals surface area contributed by atoms with Gasteiger partial charge in [-0.3, -0.25) is 4.79 Å². The molecule has 0 spiro atoms. The Hall–Kier alpha value is -1.12. The summed E-state index contributed by atoms with van der Waals surface area (Å²) in [6.45, 7) is 3.95. The summed E-state index contributed by atoms with van der Waals surface area (Å²) in [7, 11) is 0. The van der Waals surface area contributed by atoms with Gasteiger partial charge >= 0.3 is 0 Å². The first kappa shape index (κ1) is 11.9. The maximum Gasteiger partial charge on any atom is 0.220 e. The number of carbonyl (C=O) groups is 1. The molecule has 74 valence electrons. The van der Waals surface area contributed by atoms with Gasteiger partial charge in [0, 0.05) is 6.42 Å². The van der Waals surface area contributed by atoms with Crippen LogP contribution in [0.2, 0.25) is 0 Å². The third-order valence-electron chi connectivity index (χ3n) is 1.25.